The van der Waals surface area contributed by atoms with Crippen molar-refractivity contribution in [1.29, 1.82) is 0 Å². The molecule has 0 radical (unpaired) electrons. The van der Waals surface area contributed by atoms with Crippen LogP contribution in [0.5, 0.6) is 0 Å². The van der Waals surface area contributed by atoms with E-state index in [2.05, 4.69) is 41.5 Å². The molecule has 270 valence electrons. The largest absolute Gasteiger partial charge is 0.488 e. The fraction of sp³-hybridized carbons (Fsp3) is 0.143. The number of benzene rings is 6. The normalized spacial score (nSPS) is 11.1. The van der Waals surface area contributed by atoms with Gasteiger partial charge in [0.15, 0.2) is 0 Å². The number of hydrogen-bond donors (Lipinski definition) is 8. The molecular weight excluding hydrogens is 676 g/mol. The molecule has 0 aliphatic heterocycles. The third kappa shape index (κ3) is 7.11. The molecule has 0 heterocycles. The first-order chi connectivity index (χ1) is 25.6. The van der Waals surface area contributed by atoms with Crippen molar-refractivity contribution < 1.29 is 40.2 Å². The lowest BCUT2D eigenvalue weighted by molar-refractivity contribution is 0.424. The van der Waals surface area contributed by atoms with E-state index in [-0.39, 0.29) is 0 Å². The Balaban J connectivity index is 1.75. The van der Waals surface area contributed by atoms with Crippen molar-refractivity contribution >= 4 is 50.3 Å². The zero-order valence-corrected chi connectivity index (χ0v) is 31.1. The molecular formula is C42H42B4O8. The van der Waals surface area contributed by atoms with E-state index in [4.69, 9.17) is 0 Å². The fourth-order valence-corrected chi connectivity index (χ4v) is 8.21. The van der Waals surface area contributed by atoms with Crippen molar-refractivity contribution in [2.45, 2.75) is 41.5 Å². The second kappa shape index (κ2) is 15.5. The Bertz CT molecular complexity index is 2000. The maximum atomic E-state index is 9.86. The van der Waals surface area contributed by atoms with Gasteiger partial charge in [0.2, 0.25) is 0 Å². The minimum atomic E-state index is -1.61. The van der Waals surface area contributed by atoms with Crippen LogP contribution in [0.3, 0.4) is 0 Å². The molecule has 12 heteroatoms. The topological polar surface area (TPSA) is 162 Å². The molecule has 0 aliphatic rings. The maximum Gasteiger partial charge on any atom is 0.488 e. The third-order valence-electron chi connectivity index (χ3n) is 10.7. The van der Waals surface area contributed by atoms with E-state index in [0.717, 1.165) is 89.0 Å². The molecule has 0 aromatic heterocycles. The Morgan fingerprint density at radius 1 is 0.241 bits per heavy atom. The second-order valence-corrected chi connectivity index (χ2v) is 14.0. The highest BCUT2D eigenvalue weighted by atomic mass is 16.4. The second-order valence-electron chi connectivity index (χ2n) is 14.0. The molecule has 8 N–H and O–H groups in total. The number of rotatable bonds is 9. The average molecular weight is 718 g/mol. The highest BCUT2D eigenvalue weighted by Crippen LogP contribution is 2.49. The van der Waals surface area contributed by atoms with Gasteiger partial charge in [0.25, 0.3) is 0 Å². The Morgan fingerprint density at radius 2 is 0.389 bits per heavy atom. The van der Waals surface area contributed by atoms with Crippen molar-refractivity contribution in [3.8, 4) is 55.6 Å². The predicted octanol–water partition coefficient (Wildman–Crippen LogP) is 2.59. The van der Waals surface area contributed by atoms with E-state index in [1.165, 1.54) is 0 Å². The molecule has 0 amide bonds. The van der Waals surface area contributed by atoms with Gasteiger partial charge in [-0.3, -0.25) is 0 Å². The summed E-state index contributed by atoms with van der Waals surface area (Å²) < 4.78 is 0. The molecule has 6 aromatic rings. The predicted molar refractivity (Wildman–Crippen MR) is 221 cm³/mol. The Kier molecular flexibility index (Phi) is 11.2. The van der Waals surface area contributed by atoms with Gasteiger partial charge in [-0.1, -0.05) is 97.1 Å². The Morgan fingerprint density at radius 3 is 0.537 bits per heavy atom. The van der Waals surface area contributed by atoms with Gasteiger partial charge in [-0.15, -0.1) is 0 Å². The van der Waals surface area contributed by atoms with E-state index in [9.17, 15) is 40.2 Å². The quantitative estimate of drug-likeness (QED) is 0.106. The Hall–Kier alpha value is -4.74. The van der Waals surface area contributed by atoms with Crippen LogP contribution in [-0.4, -0.2) is 68.7 Å². The summed E-state index contributed by atoms with van der Waals surface area (Å²) in [5, 5.41) is 78.8. The maximum absolute atomic E-state index is 9.86. The molecule has 6 aromatic carbocycles. The first-order valence-corrected chi connectivity index (χ1v) is 17.8. The van der Waals surface area contributed by atoms with Gasteiger partial charge in [0.1, 0.15) is 0 Å². The summed E-state index contributed by atoms with van der Waals surface area (Å²) >= 11 is 0. The molecule has 0 atom stereocenters. The molecule has 0 spiro atoms. The van der Waals surface area contributed by atoms with Crippen LogP contribution in [0, 0.1) is 41.5 Å². The summed E-state index contributed by atoms with van der Waals surface area (Å²) in [6.07, 6.45) is 0. The molecule has 8 nitrogen and oxygen atoms in total. The van der Waals surface area contributed by atoms with Gasteiger partial charge in [0, 0.05) is 0 Å². The van der Waals surface area contributed by atoms with Gasteiger partial charge in [-0.05, 0) is 152 Å². The van der Waals surface area contributed by atoms with Crippen molar-refractivity contribution in [3.63, 3.8) is 0 Å². The van der Waals surface area contributed by atoms with E-state index in [1.54, 1.807) is 48.5 Å². The van der Waals surface area contributed by atoms with Gasteiger partial charge < -0.3 is 40.2 Å². The highest BCUT2D eigenvalue weighted by molar-refractivity contribution is 6.59. The van der Waals surface area contributed by atoms with Gasteiger partial charge >= 0.3 is 28.5 Å². The minimum absolute atomic E-state index is 0.374. The average Bonchev–Trinajstić information content (AvgIpc) is 3.13. The summed E-state index contributed by atoms with van der Waals surface area (Å²) in [5.74, 6) is 0. The van der Waals surface area contributed by atoms with Crippen molar-refractivity contribution in [1.82, 2.24) is 0 Å². The van der Waals surface area contributed by atoms with E-state index in [0.29, 0.717) is 21.9 Å². The summed E-state index contributed by atoms with van der Waals surface area (Å²) in [6, 6.07) is 28.7. The van der Waals surface area contributed by atoms with Crippen LogP contribution < -0.4 is 21.9 Å². The number of hydrogen-bond acceptors (Lipinski definition) is 8. The lowest BCUT2D eigenvalue weighted by Gasteiger charge is -2.28. The van der Waals surface area contributed by atoms with Gasteiger partial charge in [0.05, 0.1) is 0 Å². The zero-order valence-electron chi connectivity index (χ0n) is 31.1. The van der Waals surface area contributed by atoms with E-state index < -0.39 is 28.5 Å². The molecule has 6 rings (SSSR count). The summed E-state index contributed by atoms with van der Waals surface area (Å²) in [4.78, 5) is 0. The lowest BCUT2D eigenvalue weighted by Crippen LogP contribution is -2.29. The minimum Gasteiger partial charge on any atom is -0.423 e. The van der Waals surface area contributed by atoms with Gasteiger partial charge in [-0.25, -0.2) is 0 Å². The molecule has 0 unspecified atom stereocenters. The molecule has 0 saturated heterocycles. The van der Waals surface area contributed by atoms with Crippen LogP contribution in [0.25, 0.3) is 55.6 Å². The van der Waals surface area contributed by atoms with E-state index >= 15 is 0 Å². The van der Waals surface area contributed by atoms with Crippen molar-refractivity contribution in [3.05, 3.63) is 130 Å². The molecule has 0 saturated carbocycles. The van der Waals surface area contributed by atoms with Crippen molar-refractivity contribution in [2.24, 2.45) is 0 Å². The highest BCUT2D eigenvalue weighted by Gasteiger charge is 2.27. The van der Waals surface area contributed by atoms with Crippen LogP contribution in [0.2, 0.25) is 0 Å². The molecule has 0 aliphatic carbocycles. The van der Waals surface area contributed by atoms with Crippen LogP contribution >= 0.6 is 0 Å². The van der Waals surface area contributed by atoms with Crippen LogP contribution in [-0.2, 0) is 0 Å². The first-order valence-electron chi connectivity index (χ1n) is 17.8. The van der Waals surface area contributed by atoms with Crippen LogP contribution in [0.1, 0.15) is 33.4 Å². The summed E-state index contributed by atoms with van der Waals surface area (Å²) in [7, 11) is -6.43. The third-order valence-corrected chi connectivity index (χ3v) is 10.7. The summed E-state index contributed by atoms with van der Waals surface area (Å²) in [5.41, 5.74) is 17.0. The SMILES string of the molecule is Cc1c(-c2ccc(B(O)O)cc2)c(C)c(-c2c(C)c(-c3ccc(B(O)O)cc3)c(C)c(-c3ccc(B(O)O)cc3)c2C)c(C)c1-c1ccc(B(O)O)cc1. The fourth-order valence-electron chi connectivity index (χ4n) is 8.21. The standard InChI is InChI=1S/C42H42B4O8/c1-23-37(29-7-15-33(16-8-29)43(47)48)25(3)41(26(4)38(23)30-9-17-34(18-10-30)44(49)50)42-27(5)39(31-11-19-35(20-12-31)45(51)52)24(2)40(28(42)6)32-13-21-36(22-14-32)46(53)54/h7-22,47-54H,1-6H3. The van der Waals surface area contributed by atoms with Crippen LogP contribution in [0.15, 0.2) is 97.1 Å². The molecule has 0 fully saturated rings. The smallest absolute Gasteiger partial charge is 0.423 e. The van der Waals surface area contributed by atoms with Crippen LogP contribution in [0.4, 0.5) is 0 Å². The monoisotopic (exact) mass is 718 g/mol. The lowest BCUT2D eigenvalue weighted by atomic mass is 9.74. The summed E-state index contributed by atoms with van der Waals surface area (Å²) in [6.45, 7) is 12.5. The van der Waals surface area contributed by atoms with E-state index in [1.807, 2.05) is 48.5 Å². The molecule has 0 bridgehead atoms. The van der Waals surface area contributed by atoms with Gasteiger partial charge in [-0.2, -0.15) is 0 Å². The first kappa shape index (κ1) is 39.0. The van der Waals surface area contributed by atoms with Crippen molar-refractivity contribution in [2.75, 3.05) is 0 Å². The molecule has 54 heavy (non-hydrogen) atoms. The zero-order chi connectivity index (χ0) is 39.2. The Labute approximate surface area is 317 Å².